The molecule has 2 heterocycles. The van der Waals surface area contributed by atoms with Crippen LogP contribution in [0.5, 0.6) is 0 Å². The highest BCUT2D eigenvalue weighted by molar-refractivity contribution is 7.10. The van der Waals surface area contributed by atoms with Crippen LogP contribution in [0, 0.1) is 11.2 Å². The van der Waals surface area contributed by atoms with Crippen molar-refractivity contribution in [1.29, 1.82) is 0 Å². The summed E-state index contributed by atoms with van der Waals surface area (Å²) >= 11 is 1.70. The van der Waals surface area contributed by atoms with Gasteiger partial charge in [0.05, 0.1) is 6.04 Å². The van der Waals surface area contributed by atoms with E-state index in [0.717, 1.165) is 30.4 Å². The van der Waals surface area contributed by atoms with E-state index in [9.17, 15) is 14.0 Å². The number of hydrogen-bond donors (Lipinski definition) is 0. The zero-order valence-corrected chi connectivity index (χ0v) is 18.0. The van der Waals surface area contributed by atoms with Gasteiger partial charge in [-0.15, -0.1) is 11.3 Å². The van der Waals surface area contributed by atoms with Gasteiger partial charge in [0.1, 0.15) is 12.4 Å². The van der Waals surface area contributed by atoms with E-state index in [2.05, 4.69) is 11.4 Å². The van der Waals surface area contributed by atoms with Crippen molar-refractivity contribution in [3.05, 3.63) is 57.5 Å². The number of fused-ring (bicyclic) bond motifs is 1. The van der Waals surface area contributed by atoms with Gasteiger partial charge in [-0.3, -0.25) is 9.59 Å². The third-order valence-electron chi connectivity index (χ3n) is 5.67. The van der Waals surface area contributed by atoms with Crippen LogP contribution in [0.25, 0.3) is 0 Å². The Hall–Kier alpha value is -2.21. The maximum absolute atomic E-state index is 13.5. The van der Waals surface area contributed by atoms with E-state index >= 15 is 0 Å². The van der Waals surface area contributed by atoms with Crippen LogP contribution < -0.4 is 0 Å². The second-order valence-electron chi connectivity index (χ2n) is 9.00. The first-order valence-electron chi connectivity index (χ1n) is 10.2. The molecule has 0 radical (unpaired) electrons. The average molecular weight is 415 g/mol. The summed E-state index contributed by atoms with van der Waals surface area (Å²) in [6, 6.07) is 8.40. The van der Waals surface area contributed by atoms with Crippen molar-refractivity contribution in [1.82, 2.24) is 9.80 Å². The third-order valence-corrected chi connectivity index (χ3v) is 6.66. The highest BCUT2D eigenvalue weighted by Gasteiger charge is 2.40. The van der Waals surface area contributed by atoms with Gasteiger partial charge in [-0.05, 0) is 54.0 Å². The van der Waals surface area contributed by atoms with E-state index in [1.54, 1.807) is 28.4 Å². The summed E-state index contributed by atoms with van der Waals surface area (Å²) in [4.78, 5) is 31.3. The predicted molar refractivity (Wildman–Crippen MR) is 112 cm³/mol. The molecule has 29 heavy (non-hydrogen) atoms. The number of carbonyl (C=O) groups excluding carboxylic acids is 2. The minimum absolute atomic E-state index is 0.0277. The van der Waals surface area contributed by atoms with Gasteiger partial charge in [-0.2, -0.15) is 0 Å². The summed E-state index contributed by atoms with van der Waals surface area (Å²) in [7, 11) is 0. The monoisotopic (exact) mass is 414 g/mol. The molecule has 4 rings (SSSR count). The third kappa shape index (κ3) is 4.08. The van der Waals surface area contributed by atoms with E-state index in [4.69, 9.17) is 0 Å². The molecule has 1 aliphatic heterocycles. The van der Waals surface area contributed by atoms with E-state index < -0.39 is 5.41 Å². The first kappa shape index (κ1) is 20.1. The van der Waals surface area contributed by atoms with E-state index in [1.807, 2.05) is 25.7 Å². The fourth-order valence-electron chi connectivity index (χ4n) is 4.01. The molecule has 2 amide bonds. The molecule has 2 aromatic rings. The Labute approximate surface area is 175 Å². The molecule has 1 aromatic heterocycles. The van der Waals surface area contributed by atoms with Crippen LogP contribution >= 0.6 is 11.3 Å². The van der Waals surface area contributed by atoms with Gasteiger partial charge in [0.25, 0.3) is 0 Å². The van der Waals surface area contributed by atoms with Crippen molar-refractivity contribution >= 4 is 23.2 Å². The zero-order valence-electron chi connectivity index (χ0n) is 17.2. The summed E-state index contributed by atoms with van der Waals surface area (Å²) in [5, 5.41) is 2.05. The zero-order chi connectivity index (χ0) is 20.8. The summed E-state index contributed by atoms with van der Waals surface area (Å²) in [5.41, 5.74) is 1.50. The summed E-state index contributed by atoms with van der Waals surface area (Å²) < 4.78 is 13.5. The molecular formula is C23H27FN2O2S. The molecule has 6 heteroatoms. The number of halogens is 1. The number of hydrogen-bond acceptors (Lipinski definition) is 3. The van der Waals surface area contributed by atoms with Gasteiger partial charge in [-0.1, -0.05) is 32.9 Å². The van der Waals surface area contributed by atoms with Gasteiger partial charge in [0.2, 0.25) is 11.8 Å². The van der Waals surface area contributed by atoms with Crippen LogP contribution in [-0.2, 0) is 16.0 Å². The molecule has 1 atom stereocenters. The molecular weight excluding hydrogens is 387 g/mol. The summed E-state index contributed by atoms with van der Waals surface area (Å²) in [6.07, 6.45) is 2.74. The van der Waals surface area contributed by atoms with Crippen LogP contribution in [0.15, 0.2) is 35.7 Å². The number of amides is 2. The Morgan fingerprint density at radius 2 is 1.86 bits per heavy atom. The summed E-state index contributed by atoms with van der Waals surface area (Å²) in [6.45, 7) is 6.41. The van der Waals surface area contributed by atoms with Gasteiger partial charge in [0, 0.05) is 22.9 Å². The fraction of sp³-hybridized carbons (Fsp3) is 0.478. The molecule has 1 saturated carbocycles. The largest absolute Gasteiger partial charge is 0.330 e. The average Bonchev–Trinajstić information content (AvgIpc) is 3.40. The van der Waals surface area contributed by atoms with Crippen molar-refractivity contribution < 1.29 is 14.0 Å². The molecule has 1 aliphatic carbocycles. The molecule has 0 bridgehead atoms. The Bertz CT molecular complexity index is 912. The SMILES string of the molecule is CC(C)(C)C(=O)N(CC(=O)N1CCc2sccc2C1c1ccc(F)cc1)C1CC1. The second kappa shape index (κ2) is 7.56. The van der Waals surface area contributed by atoms with Crippen LogP contribution in [0.4, 0.5) is 4.39 Å². The molecule has 0 spiro atoms. The molecule has 1 aromatic carbocycles. The van der Waals surface area contributed by atoms with Crippen LogP contribution in [0.1, 0.15) is 55.7 Å². The highest BCUT2D eigenvalue weighted by Crippen LogP contribution is 2.38. The minimum atomic E-state index is -0.512. The minimum Gasteiger partial charge on any atom is -0.330 e. The highest BCUT2D eigenvalue weighted by atomic mass is 32.1. The lowest BCUT2D eigenvalue weighted by Crippen LogP contribution is -2.49. The molecule has 0 N–H and O–H groups in total. The number of nitrogens with zero attached hydrogens (tertiary/aromatic N) is 2. The summed E-state index contributed by atoms with van der Waals surface area (Å²) in [5.74, 6) is -0.302. The van der Waals surface area contributed by atoms with Gasteiger partial charge in [-0.25, -0.2) is 4.39 Å². The fourth-order valence-corrected chi connectivity index (χ4v) is 4.91. The first-order valence-corrected chi connectivity index (χ1v) is 11.1. The lowest BCUT2D eigenvalue weighted by Gasteiger charge is -2.38. The number of carbonyl (C=O) groups is 2. The first-order chi connectivity index (χ1) is 13.8. The Morgan fingerprint density at radius 3 is 2.48 bits per heavy atom. The topological polar surface area (TPSA) is 40.6 Å². The predicted octanol–water partition coefficient (Wildman–Crippen LogP) is 4.40. The maximum Gasteiger partial charge on any atom is 0.243 e. The van der Waals surface area contributed by atoms with Crippen molar-refractivity contribution in [3.8, 4) is 0 Å². The molecule has 0 saturated heterocycles. The Kier molecular flexibility index (Phi) is 5.23. The van der Waals surface area contributed by atoms with Crippen LogP contribution in [0.2, 0.25) is 0 Å². The van der Waals surface area contributed by atoms with Gasteiger partial charge < -0.3 is 9.80 Å². The van der Waals surface area contributed by atoms with E-state index in [-0.39, 0.29) is 36.3 Å². The van der Waals surface area contributed by atoms with E-state index in [0.29, 0.717) is 6.54 Å². The maximum atomic E-state index is 13.5. The van der Waals surface area contributed by atoms with Crippen molar-refractivity contribution in [2.24, 2.45) is 5.41 Å². The van der Waals surface area contributed by atoms with Crippen molar-refractivity contribution in [2.45, 2.75) is 52.1 Å². The van der Waals surface area contributed by atoms with Gasteiger partial charge in [0.15, 0.2) is 0 Å². The molecule has 154 valence electrons. The lowest BCUT2D eigenvalue weighted by molar-refractivity contribution is -0.147. The second-order valence-corrected chi connectivity index (χ2v) is 10.0. The molecule has 4 nitrogen and oxygen atoms in total. The Balaban J connectivity index is 1.62. The lowest BCUT2D eigenvalue weighted by atomic mass is 9.92. The quantitative estimate of drug-likeness (QED) is 0.744. The standard InChI is InChI=1S/C23H27FN2O2S/c1-23(2,3)22(28)26(17-8-9-17)14-20(27)25-12-10-19-18(11-13-29-19)21(25)15-4-6-16(24)7-5-15/h4-7,11,13,17,21H,8-10,12,14H2,1-3H3. The number of benzene rings is 1. The van der Waals surface area contributed by atoms with Crippen LogP contribution in [0.3, 0.4) is 0 Å². The van der Waals surface area contributed by atoms with Crippen LogP contribution in [-0.4, -0.2) is 40.7 Å². The van der Waals surface area contributed by atoms with Crippen molar-refractivity contribution in [2.75, 3.05) is 13.1 Å². The smallest absolute Gasteiger partial charge is 0.243 e. The molecule has 2 aliphatic rings. The molecule has 1 unspecified atom stereocenters. The number of thiophene rings is 1. The van der Waals surface area contributed by atoms with Crippen molar-refractivity contribution in [3.63, 3.8) is 0 Å². The van der Waals surface area contributed by atoms with E-state index in [1.165, 1.54) is 17.0 Å². The molecule has 1 fully saturated rings. The number of rotatable bonds is 4. The normalized spacial score (nSPS) is 19.0. The Morgan fingerprint density at radius 1 is 1.17 bits per heavy atom. The van der Waals surface area contributed by atoms with Gasteiger partial charge >= 0.3 is 0 Å².